The summed E-state index contributed by atoms with van der Waals surface area (Å²) in [6.07, 6.45) is 12.9. The van der Waals surface area contributed by atoms with Crippen LogP contribution in [0, 0.1) is 12.3 Å². The van der Waals surface area contributed by atoms with Gasteiger partial charge in [0.15, 0.2) is 0 Å². The maximum atomic E-state index is 12.7. The lowest BCUT2D eigenvalue weighted by molar-refractivity contribution is -0.145. The Morgan fingerprint density at radius 2 is 2.15 bits per heavy atom. The zero-order valence-corrected chi connectivity index (χ0v) is 19.4. The molecule has 1 aliphatic carbocycles. The molecule has 0 radical (unpaired) electrons. The van der Waals surface area contributed by atoms with E-state index in [9.17, 15) is 13.0 Å². The number of fused-ring (bicyclic) bond motifs is 1. The number of nitrogens with zero attached hydrogens (tertiary/aromatic N) is 4. The summed E-state index contributed by atoms with van der Waals surface area (Å²) >= 11 is 0. The smallest absolute Gasteiger partial charge is 0.345 e. The van der Waals surface area contributed by atoms with Gasteiger partial charge in [-0.1, -0.05) is 12.0 Å². The second kappa shape index (κ2) is 9.39. The lowest BCUT2D eigenvalue weighted by atomic mass is 9.77. The maximum Gasteiger partial charge on any atom is 0.345 e. The van der Waals surface area contributed by atoms with Crippen molar-refractivity contribution in [2.45, 2.75) is 49.2 Å². The fraction of sp³-hybridized carbons (Fsp3) is 0.458. The molecule has 1 unspecified atom stereocenters. The van der Waals surface area contributed by atoms with Gasteiger partial charge in [-0.3, -0.25) is 9.19 Å². The van der Waals surface area contributed by atoms with Crippen LogP contribution in [0.4, 0.5) is 20.5 Å². The average Bonchev–Trinajstić information content (AvgIpc) is 3.21. The third-order valence-corrected chi connectivity index (χ3v) is 8.07. The summed E-state index contributed by atoms with van der Waals surface area (Å²) in [7, 11) is -1.21. The molecule has 2 aliphatic heterocycles. The van der Waals surface area contributed by atoms with Gasteiger partial charge in [-0.2, -0.15) is 13.8 Å². The van der Waals surface area contributed by atoms with E-state index in [1.54, 1.807) is 6.20 Å². The van der Waals surface area contributed by atoms with Gasteiger partial charge in [-0.15, -0.1) is 6.42 Å². The predicted octanol–water partition coefficient (Wildman–Crippen LogP) is 3.38. The van der Waals surface area contributed by atoms with Crippen molar-refractivity contribution in [1.82, 2.24) is 15.0 Å². The first kappa shape index (κ1) is 22.9. The summed E-state index contributed by atoms with van der Waals surface area (Å²) in [6.45, 7) is -1.64. The second-order valence-corrected chi connectivity index (χ2v) is 10.3. The summed E-state index contributed by atoms with van der Waals surface area (Å²) in [4.78, 5) is 16.6. The Balaban J connectivity index is 1.38. The third kappa shape index (κ3) is 4.55. The number of alkyl halides is 2. The number of hydrogen-bond acceptors (Lipinski definition) is 7. The van der Waals surface area contributed by atoms with Gasteiger partial charge in [0.25, 0.3) is 0 Å². The molecule has 0 bridgehead atoms. The Morgan fingerprint density at radius 3 is 2.76 bits per heavy atom. The SMILES string of the molecule is C#Cc1ccc(C2=CCN(c3nc4c(c(NC5(COC(F)F)CCC5)n3)S(=O)CC4)CC2)nc1. The van der Waals surface area contributed by atoms with Gasteiger partial charge in [0.2, 0.25) is 5.95 Å². The van der Waals surface area contributed by atoms with Crippen molar-refractivity contribution in [3.8, 4) is 12.3 Å². The molecular formula is C24H25F2N5O2S. The Morgan fingerprint density at radius 1 is 1.29 bits per heavy atom. The van der Waals surface area contributed by atoms with Crippen molar-refractivity contribution in [1.29, 1.82) is 0 Å². The molecule has 1 saturated carbocycles. The van der Waals surface area contributed by atoms with E-state index in [0.717, 1.165) is 35.4 Å². The highest BCUT2D eigenvalue weighted by atomic mass is 32.2. The van der Waals surface area contributed by atoms with E-state index in [0.29, 0.717) is 54.8 Å². The molecule has 2 aromatic rings. The van der Waals surface area contributed by atoms with E-state index in [4.69, 9.17) is 16.4 Å². The molecule has 3 aliphatic rings. The van der Waals surface area contributed by atoms with Crippen LogP contribution >= 0.6 is 0 Å². The van der Waals surface area contributed by atoms with Crippen LogP contribution in [0.15, 0.2) is 29.3 Å². The van der Waals surface area contributed by atoms with Crippen LogP contribution < -0.4 is 10.2 Å². The van der Waals surface area contributed by atoms with Crippen molar-refractivity contribution < 1.29 is 17.7 Å². The number of rotatable bonds is 7. The van der Waals surface area contributed by atoms with Crippen LogP contribution in [0.3, 0.4) is 0 Å². The van der Waals surface area contributed by atoms with Gasteiger partial charge < -0.3 is 15.0 Å². The molecule has 5 rings (SSSR count). The van der Waals surface area contributed by atoms with E-state index < -0.39 is 22.9 Å². The highest BCUT2D eigenvalue weighted by Crippen LogP contribution is 2.39. The monoisotopic (exact) mass is 485 g/mol. The van der Waals surface area contributed by atoms with Crippen molar-refractivity contribution in [2.75, 3.05) is 35.7 Å². The van der Waals surface area contributed by atoms with E-state index in [2.05, 4.69) is 31.9 Å². The minimum Gasteiger partial charge on any atom is -0.361 e. The van der Waals surface area contributed by atoms with Crippen LogP contribution in [-0.4, -0.2) is 56.8 Å². The van der Waals surface area contributed by atoms with Crippen LogP contribution in [-0.2, 0) is 22.0 Å². The number of pyridine rings is 1. The van der Waals surface area contributed by atoms with E-state index in [-0.39, 0.29) is 6.61 Å². The first-order valence-electron chi connectivity index (χ1n) is 11.3. The number of anilines is 2. The molecule has 0 amide bonds. The number of terminal acetylenes is 1. The first-order valence-corrected chi connectivity index (χ1v) is 12.6. The van der Waals surface area contributed by atoms with Gasteiger partial charge in [-0.05, 0) is 43.4 Å². The molecule has 34 heavy (non-hydrogen) atoms. The van der Waals surface area contributed by atoms with Crippen molar-refractivity contribution >= 4 is 28.1 Å². The molecule has 0 saturated heterocycles. The van der Waals surface area contributed by atoms with E-state index in [1.807, 2.05) is 12.1 Å². The molecule has 0 aromatic carbocycles. The van der Waals surface area contributed by atoms with Crippen LogP contribution in [0.1, 0.15) is 42.6 Å². The third-order valence-electron chi connectivity index (χ3n) is 6.61. The number of hydrogen-bond donors (Lipinski definition) is 1. The number of halogens is 2. The normalized spacial score (nSPS) is 20.9. The Labute approximate surface area is 199 Å². The van der Waals surface area contributed by atoms with Gasteiger partial charge in [0.1, 0.15) is 10.7 Å². The standard InChI is InChI=1S/C24H25F2N5O2S/c1-2-16-4-5-18(27-14-16)17-6-11-31(12-7-17)23-28-19-8-13-34(32)20(19)21(29-23)30-24(9-3-10-24)15-33-22(25)26/h1,4-6,14,22H,3,7-13,15H2,(H,28,29,30). The molecule has 0 spiro atoms. The van der Waals surface area contributed by atoms with Gasteiger partial charge in [-0.25, -0.2) is 4.98 Å². The molecule has 10 heteroatoms. The summed E-state index contributed by atoms with van der Waals surface area (Å²) in [6, 6.07) is 3.81. The zero-order valence-electron chi connectivity index (χ0n) is 18.6. The summed E-state index contributed by atoms with van der Waals surface area (Å²) in [5.41, 5.74) is 2.92. The first-order chi connectivity index (χ1) is 16.5. The van der Waals surface area contributed by atoms with Crippen molar-refractivity contribution in [2.24, 2.45) is 0 Å². The average molecular weight is 486 g/mol. The van der Waals surface area contributed by atoms with Crippen molar-refractivity contribution in [3.63, 3.8) is 0 Å². The summed E-state index contributed by atoms with van der Waals surface area (Å²) in [5.74, 6) is 4.10. The number of ether oxygens (including phenoxy) is 1. The quantitative estimate of drug-likeness (QED) is 0.603. The minimum atomic E-state index is -2.83. The zero-order chi connectivity index (χ0) is 23.7. The Bertz CT molecular complexity index is 1180. The highest BCUT2D eigenvalue weighted by Gasteiger charge is 2.40. The van der Waals surface area contributed by atoms with Crippen molar-refractivity contribution in [3.05, 3.63) is 41.4 Å². The molecule has 1 N–H and O–H groups in total. The van der Waals surface area contributed by atoms with E-state index >= 15 is 0 Å². The number of aromatic nitrogens is 3. The Hall–Kier alpha value is -2.90. The molecule has 2 aromatic heterocycles. The van der Waals surface area contributed by atoms with Crippen LogP contribution in [0.25, 0.3) is 5.57 Å². The lowest BCUT2D eigenvalue weighted by Crippen LogP contribution is -2.50. The number of nitrogens with one attached hydrogen (secondary N) is 1. The highest BCUT2D eigenvalue weighted by molar-refractivity contribution is 7.85. The lowest BCUT2D eigenvalue weighted by Gasteiger charge is -2.43. The van der Waals surface area contributed by atoms with Crippen LogP contribution in [0.2, 0.25) is 0 Å². The largest absolute Gasteiger partial charge is 0.361 e. The molecule has 1 fully saturated rings. The molecule has 178 valence electrons. The molecule has 7 nitrogen and oxygen atoms in total. The fourth-order valence-electron chi connectivity index (χ4n) is 4.55. The van der Waals surface area contributed by atoms with Gasteiger partial charge >= 0.3 is 6.61 Å². The molecule has 1 atom stereocenters. The molecular weight excluding hydrogens is 460 g/mol. The fourth-order valence-corrected chi connectivity index (χ4v) is 5.85. The second-order valence-electron chi connectivity index (χ2n) is 8.78. The number of aryl methyl sites for hydroxylation is 1. The van der Waals surface area contributed by atoms with E-state index in [1.165, 1.54) is 0 Å². The minimum absolute atomic E-state index is 0.118. The maximum absolute atomic E-state index is 12.7. The van der Waals surface area contributed by atoms with Crippen LogP contribution in [0.5, 0.6) is 0 Å². The molecule has 4 heterocycles. The van der Waals surface area contributed by atoms with Gasteiger partial charge in [0.05, 0.1) is 34.3 Å². The summed E-state index contributed by atoms with van der Waals surface area (Å²) in [5, 5.41) is 3.33. The summed E-state index contributed by atoms with van der Waals surface area (Å²) < 4.78 is 42.7. The Kier molecular flexibility index (Phi) is 6.32. The predicted molar refractivity (Wildman–Crippen MR) is 126 cm³/mol. The topological polar surface area (TPSA) is 80.2 Å². The van der Waals surface area contributed by atoms with Gasteiger partial charge in [0, 0.05) is 37.0 Å².